The molecule has 4 heteroatoms. The van der Waals surface area contributed by atoms with Gasteiger partial charge in [-0.1, -0.05) is 0 Å². The highest BCUT2D eigenvalue weighted by atomic mass is 16.7. The van der Waals surface area contributed by atoms with E-state index >= 15 is 0 Å². The van der Waals surface area contributed by atoms with E-state index in [-0.39, 0.29) is 24.6 Å². The van der Waals surface area contributed by atoms with Gasteiger partial charge in [0.25, 0.3) is 0 Å². The number of aliphatic hydroxyl groups is 1. The molecule has 19 heavy (non-hydrogen) atoms. The van der Waals surface area contributed by atoms with Gasteiger partial charge in [0.15, 0.2) is 17.3 Å². The molecule has 1 fully saturated rings. The van der Waals surface area contributed by atoms with Crippen LogP contribution in [0.5, 0.6) is 11.5 Å². The maximum atomic E-state index is 12.5. The van der Waals surface area contributed by atoms with Crippen LogP contribution in [0.15, 0.2) is 12.1 Å². The highest BCUT2D eigenvalue weighted by Crippen LogP contribution is 2.36. The average Bonchev–Trinajstić information content (AvgIpc) is 2.85. The number of rotatable bonds is 2. The minimum absolute atomic E-state index is 0.0301. The van der Waals surface area contributed by atoms with Crippen molar-refractivity contribution in [2.75, 3.05) is 6.79 Å². The van der Waals surface area contributed by atoms with Crippen LogP contribution in [0.3, 0.4) is 0 Å². The second-order valence-electron chi connectivity index (χ2n) is 5.39. The molecule has 1 aliphatic heterocycles. The Hall–Kier alpha value is -1.55. The number of carbonyl (C=O) groups is 1. The summed E-state index contributed by atoms with van der Waals surface area (Å²) in [4.78, 5) is 12.5. The molecule has 1 aliphatic carbocycles. The molecular formula is C15H18O4. The number of ketones is 1. The Morgan fingerprint density at radius 2 is 1.79 bits per heavy atom. The lowest BCUT2D eigenvalue weighted by Gasteiger charge is -2.24. The first-order valence-corrected chi connectivity index (χ1v) is 6.77. The van der Waals surface area contributed by atoms with Crippen LogP contribution in [0.25, 0.3) is 0 Å². The van der Waals surface area contributed by atoms with Crippen molar-refractivity contribution in [3.8, 4) is 11.5 Å². The number of hydrogen-bond acceptors (Lipinski definition) is 4. The lowest BCUT2D eigenvalue weighted by molar-refractivity contribution is 0.0763. The van der Waals surface area contributed by atoms with Crippen molar-refractivity contribution in [3.63, 3.8) is 0 Å². The SMILES string of the molecule is Cc1cc2c(cc1C(=O)C1CCC(O)CC1)OCO2. The van der Waals surface area contributed by atoms with Gasteiger partial charge in [-0.2, -0.15) is 0 Å². The van der Waals surface area contributed by atoms with Crippen molar-refractivity contribution in [2.24, 2.45) is 5.92 Å². The number of ether oxygens (including phenoxy) is 2. The van der Waals surface area contributed by atoms with Crippen LogP contribution in [0.2, 0.25) is 0 Å². The van der Waals surface area contributed by atoms with Gasteiger partial charge in [0.2, 0.25) is 6.79 Å². The second kappa shape index (κ2) is 4.85. The number of aryl methyl sites for hydroxylation is 1. The third-order valence-electron chi connectivity index (χ3n) is 4.05. The first-order valence-electron chi connectivity index (χ1n) is 6.77. The summed E-state index contributed by atoms with van der Waals surface area (Å²) < 4.78 is 10.6. The average molecular weight is 262 g/mol. The highest BCUT2D eigenvalue weighted by molar-refractivity contribution is 5.99. The summed E-state index contributed by atoms with van der Waals surface area (Å²) in [7, 11) is 0. The minimum Gasteiger partial charge on any atom is -0.454 e. The molecule has 0 amide bonds. The first kappa shape index (κ1) is 12.5. The van der Waals surface area contributed by atoms with Gasteiger partial charge < -0.3 is 14.6 Å². The van der Waals surface area contributed by atoms with Crippen molar-refractivity contribution in [3.05, 3.63) is 23.3 Å². The second-order valence-corrected chi connectivity index (χ2v) is 5.39. The standard InChI is InChI=1S/C15H18O4/c1-9-6-13-14(19-8-18-13)7-12(9)15(17)10-2-4-11(16)5-3-10/h6-7,10-11,16H,2-5,8H2,1H3. The fourth-order valence-corrected chi connectivity index (χ4v) is 2.87. The van der Waals surface area contributed by atoms with Crippen molar-refractivity contribution in [1.29, 1.82) is 0 Å². The molecule has 1 aromatic carbocycles. The quantitative estimate of drug-likeness (QED) is 0.832. The van der Waals surface area contributed by atoms with Crippen molar-refractivity contribution < 1.29 is 19.4 Å². The Kier molecular flexibility index (Phi) is 3.19. The van der Waals surface area contributed by atoms with Gasteiger partial charge in [-0.25, -0.2) is 0 Å². The van der Waals surface area contributed by atoms with Gasteiger partial charge in [-0.05, 0) is 50.3 Å². The Bertz CT molecular complexity index is 501. The molecule has 0 aromatic heterocycles. The predicted octanol–water partition coefficient (Wildman–Crippen LogP) is 2.46. The molecule has 4 nitrogen and oxygen atoms in total. The number of aliphatic hydroxyl groups excluding tert-OH is 1. The molecule has 0 spiro atoms. The first-order chi connectivity index (χ1) is 9.15. The van der Waals surface area contributed by atoms with E-state index in [1.807, 2.05) is 13.0 Å². The van der Waals surface area contributed by atoms with E-state index < -0.39 is 0 Å². The van der Waals surface area contributed by atoms with Gasteiger partial charge in [-0.15, -0.1) is 0 Å². The molecule has 0 saturated heterocycles. The molecular weight excluding hydrogens is 244 g/mol. The molecule has 3 rings (SSSR count). The molecule has 1 heterocycles. The zero-order valence-electron chi connectivity index (χ0n) is 11.0. The summed E-state index contributed by atoms with van der Waals surface area (Å²) in [5, 5.41) is 9.51. The van der Waals surface area contributed by atoms with Gasteiger partial charge in [-0.3, -0.25) is 4.79 Å². The van der Waals surface area contributed by atoms with Crippen molar-refractivity contribution in [2.45, 2.75) is 38.7 Å². The summed E-state index contributed by atoms with van der Waals surface area (Å²) in [6.07, 6.45) is 2.75. The molecule has 0 bridgehead atoms. The molecule has 2 aliphatic rings. The van der Waals surface area contributed by atoms with Crippen LogP contribution >= 0.6 is 0 Å². The lowest BCUT2D eigenvalue weighted by atomic mass is 9.81. The zero-order valence-corrected chi connectivity index (χ0v) is 11.0. The smallest absolute Gasteiger partial charge is 0.231 e. The van der Waals surface area contributed by atoms with Crippen LogP contribution in [0.1, 0.15) is 41.6 Å². The van der Waals surface area contributed by atoms with E-state index in [2.05, 4.69) is 0 Å². The van der Waals surface area contributed by atoms with Crippen LogP contribution in [0, 0.1) is 12.8 Å². The monoisotopic (exact) mass is 262 g/mol. The van der Waals surface area contributed by atoms with E-state index in [4.69, 9.17) is 9.47 Å². The van der Waals surface area contributed by atoms with Gasteiger partial charge >= 0.3 is 0 Å². The molecule has 1 aromatic rings. The number of hydrogen-bond donors (Lipinski definition) is 1. The number of carbonyl (C=O) groups excluding carboxylic acids is 1. The summed E-state index contributed by atoms with van der Waals surface area (Å²) in [6, 6.07) is 3.66. The maximum absolute atomic E-state index is 12.5. The topological polar surface area (TPSA) is 55.8 Å². The molecule has 0 atom stereocenters. The molecule has 0 radical (unpaired) electrons. The van der Waals surface area contributed by atoms with Crippen molar-refractivity contribution >= 4 is 5.78 Å². The Labute approximate surface area is 112 Å². The van der Waals surface area contributed by atoms with E-state index in [0.717, 1.165) is 36.8 Å². The highest BCUT2D eigenvalue weighted by Gasteiger charge is 2.28. The number of fused-ring (bicyclic) bond motifs is 1. The fourth-order valence-electron chi connectivity index (χ4n) is 2.87. The van der Waals surface area contributed by atoms with Crippen LogP contribution in [-0.2, 0) is 0 Å². The molecule has 1 saturated carbocycles. The lowest BCUT2D eigenvalue weighted by Crippen LogP contribution is -2.24. The predicted molar refractivity (Wildman–Crippen MR) is 69.6 cm³/mol. The fraction of sp³-hybridized carbons (Fsp3) is 0.533. The van der Waals surface area contributed by atoms with Crippen LogP contribution in [-0.4, -0.2) is 23.8 Å². The van der Waals surface area contributed by atoms with Gasteiger partial charge in [0.1, 0.15) is 0 Å². The Morgan fingerprint density at radius 3 is 2.47 bits per heavy atom. The van der Waals surface area contributed by atoms with Gasteiger partial charge in [0.05, 0.1) is 6.10 Å². The van der Waals surface area contributed by atoms with E-state index in [9.17, 15) is 9.90 Å². The molecule has 0 unspecified atom stereocenters. The Morgan fingerprint density at radius 1 is 1.16 bits per heavy atom. The van der Waals surface area contributed by atoms with Gasteiger partial charge in [0, 0.05) is 11.5 Å². The third kappa shape index (κ3) is 2.32. The zero-order chi connectivity index (χ0) is 13.4. The minimum atomic E-state index is -0.234. The number of Topliss-reactive ketones (excluding diaryl/α,β-unsaturated/α-hetero) is 1. The third-order valence-corrected chi connectivity index (χ3v) is 4.05. The van der Waals surface area contributed by atoms with E-state index in [1.54, 1.807) is 6.07 Å². The maximum Gasteiger partial charge on any atom is 0.231 e. The summed E-state index contributed by atoms with van der Waals surface area (Å²) in [5.74, 6) is 1.57. The van der Waals surface area contributed by atoms with Crippen LogP contribution < -0.4 is 9.47 Å². The van der Waals surface area contributed by atoms with Crippen LogP contribution in [0.4, 0.5) is 0 Å². The Balaban J connectivity index is 1.84. The molecule has 1 N–H and O–H groups in total. The van der Waals surface area contributed by atoms with E-state index in [1.165, 1.54) is 0 Å². The van der Waals surface area contributed by atoms with E-state index in [0.29, 0.717) is 11.5 Å². The summed E-state index contributed by atoms with van der Waals surface area (Å²) in [5.41, 5.74) is 1.66. The summed E-state index contributed by atoms with van der Waals surface area (Å²) >= 11 is 0. The van der Waals surface area contributed by atoms with Crippen molar-refractivity contribution in [1.82, 2.24) is 0 Å². The number of benzene rings is 1. The largest absolute Gasteiger partial charge is 0.454 e. The summed E-state index contributed by atoms with van der Waals surface area (Å²) in [6.45, 7) is 2.15. The molecule has 102 valence electrons. The normalized spacial score (nSPS) is 25.4.